The van der Waals surface area contributed by atoms with E-state index in [1.807, 2.05) is 0 Å². The van der Waals surface area contributed by atoms with Crippen LogP contribution in [0.15, 0.2) is 18.2 Å². The molecule has 1 aliphatic carbocycles. The number of benzene rings is 1. The van der Waals surface area contributed by atoms with Crippen LogP contribution in [0.4, 0.5) is 5.69 Å². The van der Waals surface area contributed by atoms with E-state index in [0.717, 1.165) is 6.54 Å². The molecule has 0 spiro atoms. The molecule has 0 unspecified atom stereocenters. The number of rotatable bonds is 5. The Morgan fingerprint density at radius 1 is 1.41 bits per heavy atom. The van der Waals surface area contributed by atoms with Gasteiger partial charge in [-0.2, -0.15) is 0 Å². The largest absolute Gasteiger partial charge is 0.478 e. The number of nitrogens with two attached hydrogens (primary N) is 1. The fraction of sp³-hybridized carbons (Fsp3) is 0.333. The fourth-order valence-corrected chi connectivity index (χ4v) is 1.72. The molecule has 5 nitrogen and oxygen atoms in total. The molecular weight excluding hydrogens is 220 g/mol. The standard InChI is InChI=1S/C12H14N2O3/c13-11(15)10-8(12(16)17)2-1-3-9(10)14-6-7-4-5-7/h1-3,7,14H,4-6H2,(H2,13,15)(H,16,17). The van der Waals surface area contributed by atoms with Crippen molar-refractivity contribution < 1.29 is 14.7 Å². The maximum atomic E-state index is 11.3. The molecule has 0 atom stereocenters. The summed E-state index contributed by atoms with van der Waals surface area (Å²) in [5.74, 6) is -1.24. The number of nitrogens with one attached hydrogen (secondary N) is 1. The second-order valence-corrected chi connectivity index (χ2v) is 4.22. The van der Waals surface area contributed by atoms with Crippen LogP contribution < -0.4 is 11.1 Å². The third kappa shape index (κ3) is 2.55. The predicted molar refractivity (Wildman–Crippen MR) is 63.1 cm³/mol. The number of hydrogen-bond acceptors (Lipinski definition) is 3. The minimum atomic E-state index is -1.14. The molecule has 4 N–H and O–H groups in total. The topological polar surface area (TPSA) is 92.4 Å². The molecule has 90 valence electrons. The van der Waals surface area contributed by atoms with Gasteiger partial charge in [-0.15, -0.1) is 0 Å². The number of aromatic carboxylic acids is 1. The third-order valence-corrected chi connectivity index (χ3v) is 2.82. The van der Waals surface area contributed by atoms with E-state index in [-0.39, 0.29) is 11.1 Å². The Kier molecular flexibility index (Phi) is 2.99. The number of carbonyl (C=O) groups excluding carboxylic acids is 1. The summed E-state index contributed by atoms with van der Waals surface area (Å²) in [4.78, 5) is 22.3. The molecule has 1 fully saturated rings. The van der Waals surface area contributed by atoms with Crippen molar-refractivity contribution in [3.8, 4) is 0 Å². The number of anilines is 1. The Bertz CT molecular complexity index is 467. The van der Waals surface area contributed by atoms with Crippen LogP contribution >= 0.6 is 0 Å². The Hall–Kier alpha value is -2.04. The lowest BCUT2D eigenvalue weighted by Gasteiger charge is -2.11. The molecule has 1 aliphatic rings. The minimum Gasteiger partial charge on any atom is -0.478 e. The lowest BCUT2D eigenvalue weighted by Crippen LogP contribution is -2.19. The summed E-state index contributed by atoms with van der Waals surface area (Å²) >= 11 is 0. The molecule has 1 amide bonds. The predicted octanol–water partition coefficient (Wildman–Crippen LogP) is 1.31. The molecule has 17 heavy (non-hydrogen) atoms. The van der Waals surface area contributed by atoms with Crippen LogP contribution in [0.1, 0.15) is 33.6 Å². The summed E-state index contributed by atoms with van der Waals surface area (Å²) in [6.45, 7) is 0.753. The molecule has 1 aromatic carbocycles. The van der Waals surface area contributed by atoms with Crippen molar-refractivity contribution in [2.75, 3.05) is 11.9 Å². The number of primary amides is 1. The maximum Gasteiger partial charge on any atom is 0.336 e. The molecule has 0 aliphatic heterocycles. The average Bonchev–Trinajstić information content (AvgIpc) is 3.09. The molecule has 0 saturated heterocycles. The van der Waals surface area contributed by atoms with Crippen LogP contribution in [0.3, 0.4) is 0 Å². The summed E-state index contributed by atoms with van der Waals surface area (Å²) in [5.41, 5.74) is 5.74. The van der Waals surface area contributed by atoms with Crippen molar-refractivity contribution >= 4 is 17.6 Å². The van der Waals surface area contributed by atoms with E-state index in [4.69, 9.17) is 10.8 Å². The van der Waals surface area contributed by atoms with Crippen LogP contribution in [0.25, 0.3) is 0 Å². The number of carboxylic acids is 1. The summed E-state index contributed by atoms with van der Waals surface area (Å²) in [6.07, 6.45) is 2.36. The Labute approximate surface area is 98.6 Å². The van der Waals surface area contributed by atoms with Gasteiger partial charge in [-0.05, 0) is 30.9 Å². The molecule has 5 heteroatoms. The first-order chi connectivity index (χ1) is 8.09. The van der Waals surface area contributed by atoms with Crippen molar-refractivity contribution in [2.24, 2.45) is 11.7 Å². The minimum absolute atomic E-state index is 0.0562. The summed E-state index contributed by atoms with van der Waals surface area (Å²) < 4.78 is 0. The SMILES string of the molecule is NC(=O)c1c(NCC2CC2)cccc1C(=O)O. The van der Waals surface area contributed by atoms with Gasteiger partial charge in [0.25, 0.3) is 5.91 Å². The summed E-state index contributed by atoms with van der Waals surface area (Å²) in [6, 6.07) is 4.66. The van der Waals surface area contributed by atoms with Gasteiger partial charge in [-0.3, -0.25) is 4.79 Å². The highest BCUT2D eigenvalue weighted by Gasteiger charge is 2.23. The molecule has 0 aromatic heterocycles. The van der Waals surface area contributed by atoms with Gasteiger partial charge < -0.3 is 16.2 Å². The van der Waals surface area contributed by atoms with E-state index in [9.17, 15) is 9.59 Å². The zero-order chi connectivity index (χ0) is 12.4. The van der Waals surface area contributed by atoms with Gasteiger partial charge >= 0.3 is 5.97 Å². The van der Waals surface area contributed by atoms with Crippen LogP contribution in [-0.4, -0.2) is 23.5 Å². The van der Waals surface area contributed by atoms with Gasteiger partial charge in [-0.25, -0.2) is 4.79 Å². The Morgan fingerprint density at radius 3 is 2.65 bits per heavy atom. The van der Waals surface area contributed by atoms with Crippen LogP contribution in [0.5, 0.6) is 0 Å². The molecule has 1 aromatic rings. The van der Waals surface area contributed by atoms with E-state index in [1.165, 1.54) is 18.9 Å². The first-order valence-electron chi connectivity index (χ1n) is 5.49. The summed E-state index contributed by atoms with van der Waals surface area (Å²) in [7, 11) is 0. The fourth-order valence-electron chi connectivity index (χ4n) is 1.72. The molecule has 0 radical (unpaired) electrons. The van der Waals surface area contributed by atoms with E-state index in [0.29, 0.717) is 11.6 Å². The van der Waals surface area contributed by atoms with Gasteiger partial charge in [0.1, 0.15) is 0 Å². The Morgan fingerprint density at radius 2 is 2.12 bits per heavy atom. The van der Waals surface area contributed by atoms with Crippen LogP contribution in [0, 0.1) is 5.92 Å². The van der Waals surface area contributed by atoms with Gasteiger partial charge in [-0.1, -0.05) is 6.07 Å². The first kappa shape index (κ1) is 11.4. The highest BCUT2D eigenvalue weighted by Crippen LogP contribution is 2.29. The molecule has 0 bridgehead atoms. The smallest absolute Gasteiger partial charge is 0.336 e. The zero-order valence-electron chi connectivity index (χ0n) is 9.27. The number of carbonyl (C=O) groups is 2. The second-order valence-electron chi connectivity index (χ2n) is 4.22. The second kappa shape index (κ2) is 4.45. The monoisotopic (exact) mass is 234 g/mol. The van der Waals surface area contributed by atoms with Gasteiger partial charge in [0.2, 0.25) is 0 Å². The number of hydrogen-bond donors (Lipinski definition) is 3. The maximum absolute atomic E-state index is 11.3. The van der Waals surface area contributed by atoms with Crippen LogP contribution in [0.2, 0.25) is 0 Å². The third-order valence-electron chi connectivity index (χ3n) is 2.82. The van der Waals surface area contributed by atoms with Gasteiger partial charge in [0.05, 0.1) is 11.1 Å². The quantitative estimate of drug-likeness (QED) is 0.716. The lowest BCUT2D eigenvalue weighted by atomic mass is 10.0. The molecule has 2 rings (SSSR count). The van der Waals surface area contributed by atoms with Crippen molar-refractivity contribution in [2.45, 2.75) is 12.8 Å². The van der Waals surface area contributed by atoms with E-state index in [1.54, 1.807) is 12.1 Å². The van der Waals surface area contributed by atoms with Crippen molar-refractivity contribution in [1.82, 2.24) is 0 Å². The molecule has 0 heterocycles. The van der Waals surface area contributed by atoms with Crippen molar-refractivity contribution in [3.63, 3.8) is 0 Å². The normalized spacial score (nSPS) is 14.4. The van der Waals surface area contributed by atoms with E-state index >= 15 is 0 Å². The molecule has 1 saturated carbocycles. The van der Waals surface area contributed by atoms with Gasteiger partial charge in [0.15, 0.2) is 0 Å². The Balaban J connectivity index is 2.31. The average molecular weight is 234 g/mol. The lowest BCUT2D eigenvalue weighted by molar-refractivity contribution is 0.0692. The number of amides is 1. The first-order valence-corrected chi connectivity index (χ1v) is 5.49. The van der Waals surface area contributed by atoms with Crippen molar-refractivity contribution in [3.05, 3.63) is 29.3 Å². The molecular formula is C12H14N2O3. The van der Waals surface area contributed by atoms with Crippen molar-refractivity contribution in [1.29, 1.82) is 0 Å². The number of carboxylic acid groups (broad SMARTS) is 1. The zero-order valence-corrected chi connectivity index (χ0v) is 9.27. The highest BCUT2D eigenvalue weighted by molar-refractivity contribution is 6.08. The highest BCUT2D eigenvalue weighted by atomic mass is 16.4. The summed E-state index contributed by atoms with van der Waals surface area (Å²) in [5, 5.41) is 12.1. The van der Waals surface area contributed by atoms with Gasteiger partial charge in [0, 0.05) is 12.2 Å². The van der Waals surface area contributed by atoms with E-state index in [2.05, 4.69) is 5.32 Å². The van der Waals surface area contributed by atoms with Crippen LogP contribution in [-0.2, 0) is 0 Å². The van der Waals surface area contributed by atoms with E-state index < -0.39 is 11.9 Å².